The molecule has 0 bridgehead atoms. The van der Waals surface area contributed by atoms with Gasteiger partial charge in [-0.3, -0.25) is 4.79 Å². The zero-order valence-electron chi connectivity index (χ0n) is 16.9. The Balaban J connectivity index is 1.20. The Morgan fingerprint density at radius 2 is 1.83 bits per heavy atom. The molecule has 0 radical (unpaired) electrons. The van der Waals surface area contributed by atoms with E-state index in [1.54, 1.807) is 0 Å². The van der Waals surface area contributed by atoms with Crippen molar-refractivity contribution >= 4 is 11.7 Å². The van der Waals surface area contributed by atoms with E-state index in [9.17, 15) is 4.79 Å². The van der Waals surface area contributed by atoms with Crippen LogP contribution in [-0.4, -0.2) is 29.0 Å². The molecule has 2 aromatic carbocycles. The number of amides is 1. The van der Waals surface area contributed by atoms with E-state index in [0.29, 0.717) is 12.1 Å². The summed E-state index contributed by atoms with van der Waals surface area (Å²) in [6.45, 7) is 5.51. The highest BCUT2D eigenvalue weighted by molar-refractivity contribution is 5.94. The Bertz CT molecular complexity index is 1070. The maximum absolute atomic E-state index is 12.5. The normalized spacial score (nSPS) is 14.5. The first kappa shape index (κ1) is 18.5. The van der Waals surface area contributed by atoms with Gasteiger partial charge in [0.1, 0.15) is 5.82 Å². The Labute approximate surface area is 175 Å². The van der Waals surface area contributed by atoms with Crippen molar-refractivity contribution < 1.29 is 14.3 Å². The molecule has 1 aromatic heterocycles. The second-order valence-corrected chi connectivity index (χ2v) is 7.71. The molecule has 2 aliphatic heterocycles. The predicted octanol–water partition coefficient (Wildman–Crippen LogP) is 3.26. The van der Waals surface area contributed by atoms with Gasteiger partial charge in [0, 0.05) is 37.8 Å². The molecule has 0 saturated heterocycles. The summed E-state index contributed by atoms with van der Waals surface area (Å²) < 4.78 is 12.8. The van der Waals surface area contributed by atoms with Crippen LogP contribution in [-0.2, 0) is 19.6 Å². The lowest BCUT2D eigenvalue weighted by Crippen LogP contribution is -2.31. The molecule has 0 fully saturated rings. The zero-order valence-corrected chi connectivity index (χ0v) is 16.9. The van der Waals surface area contributed by atoms with Crippen molar-refractivity contribution in [3.63, 3.8) is 0 Å². The van der Waals surface area contributed by atoms with Crippen molar-refractivity contribution in [3.8, 4) is 11.5 Å². The lowest BCUT2D eigenvalue weighted by molar-refractivity contribution is 0.0951. The summed E-state index contributed by atoms with van der Waals surface area (Å²) >= 11 is 0. The molecular formula is C23H24N4O3. The third-order valence-electron chi connectivity index (χ3n) is 5.48. The molecule has 1 N–H and O–H groups in total. The lowest BCUT2D eigenvalue weighted by atomic mass is 10.1. The van der Waals surface area contributed by atoms with Crippen molar-refractivity contribution in [3.05, 3.63) is 70.9 Å². The summed E-state index contributed by atoms with van der Waals surface area (Å²) in [5.74, 6) is 2.54. The van der Waals surface area contributed by atoms with Gasteiger partial charge in [-0.1, -0.05) is 18.2 Å². The summed E-state index contributed by atoms with van der Waals surface area (Å²) in [5.41, 5.74) is 3.85. The average Bonchev–Trinajstić information content (AvgIpc) is 3.38. The number of aryl methyl sites for hydroxylation is 2. The number of benzene rings is 2. The molecule has 0 saturated carbocycles. The summed E-state index contributed by atoms with van der Waals surface area (Å²) in [6.07, 6.45) is 1.09. The second-order valence-electron chi connectivity index (χ2n) is 7.71. The van der Waals surface area contributed by atoms with Crippen LogP contribution < -0.4 is 19.7 Å². The zero-order chi connectivity index (χ0) is 20.5. The van der Waals surface area contributed by atoms with Crippen LogP contribution in [0, 0.1) is 6.92 Å². The van der Waals surface area contributed by atoms with E-state index in [4.69, 9.17) is 9.47 Å². The first-order valence-corrected chi connectivity index (χ1v) is 10.2. The van der Waals surface area contributed by atoms with Crippen LogP contribution in [0.1, 0.15) is 33.6 Å². The first-order chi connectivity index (χ1) is 14.7. The number of carbonyl (C=O) groups is 1. The molecule has 0 aliphatic carbocycles. The molecule has 7 heteroatoms. The highest BCUT2D eigenvalue weighted by atomic mass is 16.7. The van der Waals surface area contributed by atoms with Gasteiger partial charge in [-0.2, -0.15) is 5.10 Å². The number of hydrogen-bond donors (Lipinski definition) is 1. The van der Waals surface area contributed by atoms with Crippen LogP contribution in [0.5, 0.6) is 11.5 Å². The highest BCUT2D eigenvalue weighted by Crippen LogP contribution is 2.32. The fourth-order valence-electron chi connectivity index (χ4n) is 3.95. The fourth-order valence-corrected chi connectivity index (χ4v) is 3.95. The molecule has 5 rings (SSSR count). The molecule has 0 spiro atoms. The molecule has 7 nitrogen and oxygen atoms in total. The van der Waals surface area contributed by atoms with Gasteiger partial charge in [-0.15, -0.1) is 0 Å². The number of rotatable bonds is 5. The second kappa shape index (κ2) is 7.74. The molecule has 0 unspecified atom stereocenters. The topological polar surface area (TPSA) is 68.6 Å². The van der Waals surface area contributed by atoms with E-state index < -0.39 is 0 Å². The number of hydrogen-bond acceptors (Lipinski definition) is 5. The molecular weight excluding hydrogens is 380 g/mol. The van der Waals surface area contributed by atoms with Crippen molar-refractivity contribution in [2.24, 2.45) is 0 Å². The average molecular weight is 404 g/mol. The number of aromatic nitrogens is 2. The number of fused-ring (bicyclic) bond motifs is 2. The van der Waals surface area contributed by atoms with Crippen LogP contribution in [0.2, 0.25) is 0 Å². The van der Waals surface area contributed by atoms with Gasteiger partial charge in [0.2, 0.25) is 6.79 Å². The van der Waals surface area contributed by atoms with Crippen molar-refractivity contribution in [1.29, 1.82) is 0 Å². The van der Waals surface area contributed by atoms with Crippen LogP contribution in [0.3, 0.4) is 0 Å². The van der Waals surface area contributed by atoms with Crippen molar-refractivity contribution in [2.75, 3.05) is 18.2 Å². The Morgan fingerprint density at radius 3 is 2.70 bits per heavy atom. The van der Waals surface area contributed by atoms with Crippen LogP contribution in [0.4, 0.5) is 5.82 Å². The SMILES string of the molecule is Cc1cc2n(n1)CCCN2Cc1ccc(C(=O)NCc2ccc3c(c2)OCO3)cc1. The molecule has 1 amide bonds. The van der Waals surface area contributed by atoms with E-state index in [0.717, 1.165) is 48.8 Å². The minimum Gasteiger partial charge on any atom is -0.454 e. The minimum atomic E-state index is -0.0918. The predicted molar refractivity (Wildman–Crippen MR) is 113 cm³/mol. The van der Waals surface area contributed by atoms with Crippen LogP contribution in [0.25, 0.3) is 0 Å². The summed E-state index contributed by atoms with van der Waals surface area (Å²) in [7, 11) is 0. The third-order valence-corrected chi connectivity index (χ3v) is 5.48. The van der Waals surface area contributed by atoms with Crippen LogP contribution >= 0.6 is 0 Å². The summed E-state index contributed by atoms with van der Waals surface area (Å²) in [6, 6.07) is 15.7. The number of nitrogens with zero attached hydrogens (tertiary/aromatic N) is 3. The van der Waals surface area contributed by atoms with Gasteiger partial charge < -0.3 is 19.7 Å². The van der Waals surface area contributed by atoms with E-state index in [1.165, 1.54) is 11.4 Å². The first-order valence-electron chi connectivity index (χ1n) is 10.2. The number of nitrogens with one attached hydrogen (secondary N) is 1. The standard InChI is InChI=1S/C23H24N4O3/c1-16-11-22-26(9-2-10-27(22)25-16)14-17-3-6-19(7-4-17)23(28)24-13-18-5-8-20-21(12-18)30-15-29-20/h3-8,11-12H,2,9-10,13-15H2,1H3,(H,24,28). The monoisotopic (exact) mass is 404 g/mol. The summed E-state index contributed by atoms with van der Waals surface area (Å²) in [5, 5.41) is 7.52. The van der Waals surface area contributed by atoms with Crippen molar-refractivity contribution in [2.45, 2.75) is 33.0 Å². The van der Waals surface area contributed by atoms with Gasteiger partial charge in [0.05, 0.1) is 5.69 Å². The fraction of sp³-hybridized carbons (Fsp3) is 0.304. The molecule has 0 atom stereocenters. The molecule has 3 heterocycles. The van der Waals surface area contributed by atoms with E-state index >= 15 is 0 Å². The number of ether oxygens (including phenoxy) is 2. The van der Waals surface area contributed by atoms with Gasteiger partial charge >= 0.3 is 0 Å². The van der Waals surface area contributed by atoms with Gasteiger partial charge in [0.25, 0.3) is 5.91 Å². The maximum Gasteiger partial charge on any atom is 0.251 e. The maximum atomic E-state index is 12.5. The van der Waals surface area contributed by atoms with Gasteiger partial charge in [-0.25, -0.2) is 4.68 Å². The molecule has 2 aliphatic rings. The molecule has 30 heavy (non-hydrogen) atoms. The summed E-state index contributed by atoms with van der Waals surface area (Å²) in [4.78, 5) is 14.9. The third kappa shape index (κ3) is 3.70. The van der Waals surface area contributed by atoms with Crippen molar-refractivity contribution in [1.82, 2.24) is 15.1 Å². The van der Waals surface area contributed by atoms with E-state index in [2.05, 4.69) is 26.1 Å². The molecule has 154 valence electrons. The van der Waals surface area contributed by atoms with Gasteiger partial charge in [-0.05, 0) is 48.7 Å². The van der Waals surface area contributed by atoms with E-state index in [-0.39, 0.29) is 12.7 Å². The Morgan fingerprint density at radius 1 is 1.03 bits per heavy atom. The minimum absolute atomic E-state index is 0.0918. The lowest BCUT2D eigenvalue weighted by Gasteiger charge is -2.29. The Kier molecular flexibility index (Phi) is 4.78. The highest BCUT2D eigenvalue weighted by Gasteiger charge is 2.19. The van der Waals surface area contributed by atoms with Crippen LogP contribution in [0.15, 0.2) is 48.5 Å². The van der Waals surface area contributed by atoms with Gasteiger partial charge in [0.15, 0.2) is 11.5 Å². The largest absolute Gasteiger partial charge is 0.454 e. The quantitative estimate of drug-likeness (QED) is 0.707. The molecule has 3 aromatic rings. The smallest absolute Gasteiger partial charge is 0.251 e. The van der Waals surface area contributed by atoms with E-state index in [1.807, 2.05) is 49.4 Å². The number of anilines is 1. The Hall–Kier alpha value is -3.48. The number of carbonyl (C=O) groups excluding carboxylic acids is 1.